The number of rotatable bonds is 2. The van der Waals surface area contributed by atoms with Crippen molar-refractivity contribution in [3.63, 3.8) is 0 Å². The average molecular weight is 255 g/mol. The normalized spacial score (nSPS) is 12.9. The molecule has 0 saturated carbocycles. The molecular weight excluding hydrogens is 230 g/mol. The standard InChI is InChI=1S/C18H25N/c1-7-18(5,6)14-9-10-15-13(12-14)8-11-16(19-15)17(2,3)4/h8-12H,7H2,1-6H3. The van der Waals surface area contributed by atoms with E-state index < -0.39 is 0 Å². The van der Waals surface area contributed by atoms with Crippen LogP contribution in [0.4, 0.5) is 0 Å². The van der Waals surface area contributed by atoms with Crippen LogP contribution < -0.4 is 0 Å². The molecule has 0 unspecified atom stereocenters. The molecule has 1 aromatic carbocycles. The van der Waals surface area contributed by atoms with Crippen molar-refractivity contribution in [3.8, 4) is 0 Å². The molecule has 0 spiro atoms. The number of fused-ring (bicyclic) bond motifs is 1. The minimum atomic E-state index is 0.107. The van der Waals surface area contributed by atoms with Crippen LogP contribution in [0.3, 0.4) is 0 Å². The molecule has 0 aliphatic rings. The van der Waals surface area contributed by atoms with E-state index in [0.717, 1.165) is 17.6 Å². The Labute approximate surface area is 117 Å². The minimum Gasteiger partial charge on any atom is -0.252 e. The average Bonchev–Trinajstić information content (AvgIpc) is 2.36. The smallest absolute Gasteiger partial charge is 0.0705 e. The molecule has 1 heterocycles. The van der Waals surface area contributed by atoms with E-state index in [0.29, 0.717) is 0 Å². The zero-order chi connectivity index (χ0) is 14.3. The summed E-state index contributed by atoms with van der Waals surface area (Å²) in [5.74, 6) is 0. The van der Waals surface area contributed by atoms with E-state index in [1.54, 1.807) is 0 Å². The lowest BCUT2D eigenvalue weighted by atomic mass is 9.81. The van der Waals surface area contributed by atoms with Crippen molar-refractivity contribution in [2.24, 2.45) is 0 Å². The molecule has 1 aromatic heterocycles. The van der Waals surface area contributed by atoms with Crippen LogP contribution in [0.2, 0.25) is 0 Å². The predicted octanol–water partition coefficient (Wildman–Crippen LogP) is 5.22. The molecule has 1 nitrogen and oxygen atoms in total. The molecule has 0 amide bonds. The number of aromatic nitrogens is 1. The van der Waals surface area contributed by atoms with E-state index in [-0.39, 0.29) is 10.8 Å². The highest BCUT2D eigenvalue weighted by Crippen LogP contribution is 2.30. The Bertz CT molecular complexity index is 588. The molecule has 0 aliphatic carbocycles. The lowest BCUT2D eigenvalue weighted by molar-refractivity contribution is 0.507. The molecule has 102 valence electrons. The molecule has 0 bridgehead atoms. The van der Waals surface area contributed by atoms with Gasteiger partial charge in [0.1, 0.15) is 0 Å². The summed E-state index contributed by atoms with van der Waals surface area (Å²) in [4.78, 5) is 4.80. The zero-order valence-corrected chi connectivity index (χ0v) is 13.0. The van der Waals surface area contributed by atoms with Gasteiger partial charge in [-0.05, 0) is 35.6 Å². The van der Waals surface area contributed by atoms with Gasteiger partial charge in [-0.3, -0.25) is 4.98 Å². The number of benzene rings is 1. The van der Waals surface area contributed by atoms with Crippen molar-refractivity contribution >= 4 is 10.9 Å². The van der Waals surface area contributed by atoms with Crippen LogP contribution >= 0.6 is 0 Å². The highest BCUT2D eigenvalue weighted by atomic mass is 14.7. The maximum absolute atomic E-state index is 4.80. The summed E-state index contributed by atoms with van der Waals surface area (Å²) in [5.41, 5.74) is 3.99. The van der Waals surface area contributed by atoms with Crippen molar-refractivity contribution in [1.82, 2.24) is 4.98 Å². The molecule has 0 saturated heterocycles. The molecule has 2 aromatic rings. The third kappa shape index (κ3) is 2.80. The Morgan fingerprint density at radius 1 is 0.947 bits per heavy atom. The summed E-state index contributed by atoms with van der Waals surface area (Å²) >= 11 is 0. The van der Waals surface area contributed by atoms with Crippen LogP contribution in [0.15, 0.2) is 30.3 Å². The van der Waals surface area contributed by atoms with E-state index in [1.807, 2.05) is 0 Å². The Balaban J connectivity index is 2.53. The Morgan fingerprint density at radius 2 is 1.63 bits per heavy atom. The largest absolute Gasteiger partial charge is 0.252 e. The second-order valence-electron chi connectivity index (χ2n) is 7.09. The molecule has 0 atom stereocenters. The summed E-state index contributed by atoms with van der Waals surface area (Å²) in [6.07, 6.45) is 1.14. The molecule has 0 fully saturated rings. The van der Waals surface area contributed by atoms with E-state index in [9.17, 15) is 0 Å². The van der Waals surface area contributed by atoms with Gasteiger partial charge in [0.2, 0.25) is 0 Å². The van der Waals surface area contributed by atoms with E-state index in [4.69, 9.17) is 4.98 Å². The van der Waals surface area contributed by atoms with Gasteiger partial charge in [0, 0.05) is 16.5 Å². The fourth-order valence-electron chi connectivity index (χ4n) is 2.17. The SMILES string of the molecule is CCC(C)(C)c1ccc2nc(C(C)(C)C)ccc2c1. The van der Waals surface area contributed by atoms with E-state index in [2.05, 4.69) is 71.9 Å². The van der Waals surface area contributed by atoms with Crippen molar-refractivity contribution in [1.29, 1.82) is 0 Å². The molecule has 0 N–H and O–H groups in total. The highest BCUT2D eigenvalue weighted by Gasteiger charge is 2.19. The first-order valence-corrected chi connectivity index (χ1v) is 7.16. The molecule has 1 heteroatoms. The van der Waals surface area contributed by atoms with Crippen LogP contribution in [-0.4, -0.2) is 4.98 Å². The number of hydrogen-bond acceptors (Lipinski definition) is 1. The third-order valence-electron chi connectivity index (χ3n) is 4.12. The predicted molar refractivity (Wildman–Crippen MR) is 83.8 cm³/mol. The lowest BCUT2D eigenvalue weighted by Crippen LogP contribution is -2.15. The first-order chi connectivity index (χ1) is 8.74. The Morgan fingerprint density at radius 3 is 2.21 bits per heavy atom. The molecule has 2 rings (SSSR count). The van der Waals surface area contributed by atoms with Crippen LogP contribution in [0.25, 0.3) is 10.9 Å². The van der Waals surface area contributed by atoms with Crippen LogP contribution in [0.1, 0.15) is 59.2 Å². The maximum atomic E-state index is 4.80. The van der Waals surface area contributed by atoms with Gasteiger partial charge in [-0.2, -0.15) is 0 Å². The van der Waals surface area contributed by atoms with Gasteiger partial charge < -0.3 is 0 Å². The number of nitrogens with zero attached hydrogens (tertiary/aromatic N) is 1. The number of hydrogen-bond donors (Lipinski definition) is 0. The van der Waals surface area contributed by atoms with Gasteiger partial charge in [0.05, 0.1) is 5.52 Å². The topological polar surface area (TPSA) is 12.9 Å². The van der Waals surface area contributed by atoms with Gasteiger partial charge in [0.15, 0.2) is 0 Å². The zero-order valence-electron chi connectivity index (χ0n) is 13.0. The van der Waals surface area contributed by atoms with Gasteiger partial charge >= 0.3 is 0 Å². The van der Waals surface area contributed by atoms with Gasteiger partial charge in [0.25, 0.3) is 0 Å². The summed E-state index contributed by atoms with van der Waals surface area (Å²) in [6, 6.07) is 11.0. The molecule has 0 radical (unpaired) electrons. The minimum absolute atomic E-state index is 0.107. The monoisotopic (exact) mass is 255 g/mol. The summed E-state index contributed by atoms with van der Waals surface area (Å²) in [5, 5.41) is 1.24. The quantitative estimate of drug-likeness (QED) is 0.717. The summed E-state index contributed by atoms with van der Waals surface area (Å²) in [7, 11) is 0. The first-order valence-electron chi connectivity index (χ1n) is 7.16. The Kier molecular flexibility index (Phi) is 3.42. The van der Waals surface area contributed by atoms with Gasteiger partial charge in [-0.1, -0.05) is 53.7 Å². The van der Waals surface area contributed by atoms with E-state index in [1.165, 1.54) is 10.9 Å². The van der Waals surface area contributed by atoms with Crippen molar-refractivity contribution < 1.29 is 0 Å². The fraction of sp³-hybridized carbons (Fsp3) is 0.500. The fourth-order valence-corrected chi connectivity index (χ4v) is 2.17. The van der Waals surface area contributed by atoms with E-state index >= 15 is 0 Å². The van der Waals surface area contributed by atoms with Crippen LogP contribution in [-0.2, 0) is 10.8 Å². The van der Waals surface area contributed by atoms with Crippen molar-refractivity contribution in [3.05, 3.63) is 41.6 Å². The molecular formula is C18H25N. The maximum Gasteiger partial charge on any atom is 0.0705 e. The second kappa shape index (κ2) is 4.63. The lowest BCUT2D eigenvalue weighted by Gasteiger charge is -2.24. The summed E-state index contributed by atoms with van der Waals surface area (Å²) in [6.45, 7) is 13.4. The van der Waals surface area contributed by atoms with Crippen LogP contribution in [0.5, 0.6) is 0 Å². The third-order valence-corrected chi connectivity index (χ3v) is 4.12. The number of pyridine rings is 1. The highest BCUT2D eigenvalue weighted by molar-refractivity contribution is 5.79. The Hall–Kier alpha value is -1.37. The summed E-state index contributed by atoms with van der Waals surface area (Å²) < 4.78 is 0. The second-order valence-corrected chi connectivity index (χ2v) is 7.09. The van der Waals surface area contributed by atoms with Gasteiger partial charge in [-0.15, -0.1) is 0 Å². The van der Waals surface area contributed by atoms with Crippen molar-refractivity contribution in [2.45, 2.75) is 58.8 Å². The first kappa shape index (κ1) is 14.0. The molecule has 19 heavy (non-hydrogen) atoms. The van der Waals surface area contributed by atoms with Crippen LogP contribution in [0, 0.1) is 0 Å². The van der Waals surface area contributed by atoms with Crippen molar-refractivity contribution in [2.75, 3.05) is 0 Å². The molecule has 0 aliphatic heterocycles. The van der Waals surface area contributed by atoms with Gasteiger partial charge in [-0.25, -0.2) is 0 Å².